The maximum Gasteiger partial charge on any atom is 0.255 e. The van der Waals surface area contributed by atoms with Crippen LogP contribution in [0.25, 0.3) is 0 Å². The lowest BCUT2D eigenvalue weighted by Gasteiger charge is -2.44. The van der Waals surface area contributed by atoms with Gasteiger partial charge in [-0.1, -0.05) is 40.2 Å². The van der Waals surface area contributed by atoms with Crippen molar-refractivity contribution in [2.75, 3.05) is 11.4 Å². The zero-order valence-electron chi connectivity index (χ0n) is 11.9. The topological polar surface area (TPSA) is 58.4 Å². The molecule has 0 aliphatic carbocycles. The number of carbonyl (C=O) groups excluding carboxylic acids is 1. The Labute approximate surface area is 137 Å². The van der Waals surface area contributed by atoms with Crippen LogP contribution in [-0.2, 0) is 0 Å². The SMILES string of the molecule is N[C@@H]1CCN2c3c(cccc31)C(=O)N[C@@H]2c1ccc(Br)cc1. The molecule has 4 nitrogen and oxygen atoms in total. The number of nitrogens with one attached hydrogen (secondary N) is 1. The van der Waals surface area contributed by atoms with Crippen molar-refractivity contribution in [3.05, 3.63) is 63.6 Å². The van der Waals surface area contributed by atoms with E-state index in [1.54, 1.807) is 0 Å². The van der Waals surface area contributed by atoms with E-state index in [2.05, 4.69) is 26.1 Å². The van der Waals surface area contributed by atoms with E-state index in [4.69, 9.17) is 5.73 Å². The molecule has 0 spiro atoms. The highest BCUT2D eigenvalue weighted by Gasteiger charge is 2.36. The molecule has 0 bridgehead atoms. The smallest absolute Gasteiger partial charge is 0.255 e. The van der Waals surface area contributed by atoms with Crippen LogP contribution in [0.2, 0.25) is 0 Å². The van der Waals surface area contributed by atoms with Crippen molar-refractivity contribution in [2.45, 2.75) is 18.6 Å². The molecule has 0 unspecified atom stereocenters. The summed E-state index contributed by atoms with van der Waals surface area (Å²) < 4.78 is 1.03. The van der Waals surface area contributed by atoms with E-state index in [-0.39, 0.29) is 18.1 Å². The quantitative estimate of drug-likeness (QED) is 0.824. The molecule has 2 aliphatic rings. The van der Waals surface area contributed by atoms with Crippen molar-refractivity contribution in [2.24, 2.45) is 5.73 Å². The van der Waals surface area contributed by atoms with Gasteiger partial charge in [0.15, 0.2) is 0 Å². The summed E-state index contributed by atoms with van der Waals surface area (Å²) in [6, 6.07) is 13.9. The van der Waals surface area contributed by atoms with Crippen LogP contribution in [0.5, 0.6) is 0 Å². The number of hydrogen-bond acceptors (Lipinski definition) is 3. The first kappa shape index (κ1) is 13.8. The average molecular weight is 358 g/mol. The number of carbonyl (C=O) groups is 1. The molecule has 22 heavy (non-hydrogen) atoms. The molecule has 0 aromatic heterocycles. The highest BCUT2D eigenvalue weighted by molar-refractivity contribution is 9.10. The van der Waals surface area contributed by atoms with Crippen LogP contribution in [0, 0.1) is 0 Å². The number of halogens is 1. The van der Waals surface area contributed by atoms with Gasteiger partial charge in [-0.25, -0.2) is 0 Å². The number of nitrogens with two attached hydrogens (primary N) is 1. The molecule has 0 saturated carbocycles. The number of amides is 1. The molecule has 2 aromatic rings. The zero-order valence-corrected chi connectivity index (χ0v) is 13.5. The fraction of sp³-hybridized carbons (Fsp3) is 0.235. The highest BCUT2D eigenvalue weighted by atomic mass is 79.9. The van der Waals surface area contributed by atoms with E-state index < -0.39 is 0 Å². The van der Waals surface area contributed by atoms with E-state index in [1.165, 1.54) is 0 Å². The van der Waals surface area contributed by atoms with E-state index in [0.29, 0.717) is 0 Å². The molecule has 0 fully saturated rings. The predicted octanol–water partition coefficient (Wildman–Crippen LogP) is 3.10. The first-order valence-electron chi connectivity index (χ1n) is 7.36. The number of rotatable bonds is 1. The summed E-state index contributed by atoms with van der Waals surface area (Å²) in [6.07, 6.45) is 0.751. The van der Waals surface area contributed by atoms with Crippen LogP contribution in [-0.4, -0.2) is 12.5 Å². The summed E-state index contributed by atoms with van der Waals surface area (Å²) in [5.74, 6) is -0.0323. The molecule has 1 amide bonds. The summed E-state index contributed by atoms with van der Waals surface area (Å²) in [4.78, 5) is 14.8. The summed E-state index contributed by atoms with van der Waals surface area (Å²) in [6.45, 7) is 0.839. The molecule has 4 rings (SSSR count). The number of benzene rings is 2. The Hall–Kier alpha value is -1.85. The summed E-state index contributed by atoms with van der Waals surface area (Å²) in [5.41, 5.74) is 10.1. The van der Waals surface area contributed by atoms with Gasteiger partial charge in [-0.15, -0.1) is 0 Å². The lowest BCUT2D eigenvalue weighted by atomic mass is 9.90. The lowest BCUT2D eigenvalue weighted by Crippen LogP contribution is -2.49. The average Bonchev–Trinajstić information content (AvgIpc) is 2.53. The molecule has 3 N–H and O–H groups in total. The van der Waals surface area contributed by atoms with Crippen LogP contribution >= 0.6 is 15.9 Å². The van der Waals surface area contributed by atoms with Crippen LogP contribution in [0.15, 0.2) is 46.9 Å². The molecule has 2 aromatic carbocycles. The molecule has 2 aliphatic heterocycles. The second-order valence-electron chi connectivity index (χ2n) is 5.76. The van der Waals surface area contributed by atoms with Gasteiger partial charge in [-0.2, -0.15) is 0 Å². The number of hydrogen-bond donors (Lipinski definition) is 2. The minimum absolute atomic E-state index is 0.00247. The van der Waals surface area contributed by atoms with Gasteiger partial charge in [0.1, 0.15) is 6.17 Å². The highest BCUT2D eigenvalue weighted by Crippen LogP contribution is 2.42. The molecular weight excluding hydrogens is 342 g/mol. The second kappa shape index (κ2) is 5.11. The molecule has 5 heteroatoms. The standard InChI is InChI=1S/C17H16BrN3O/c18-11-6-4-10(5-7-11)16-20-17(22)13-3-1-2-12-14(19)8-9-21(16)15(12)13/h1-7,14,16H,8-9,19H2,(H,20,22)/t14-,16+/m1/s1. The maximum absolute atomic E-state index is 12.5. The minimum Gasteiger partial charge on any atom is -0.346 e. The lowest BCUT2D eigenvalue weighted by molar-refractivity contribution is 0.0925. The predicted molar refractivity (Wildman–Crippen MR) is 89.7 cm³/mol. The van der Waals surface area contributed by atoms with Crippen LogP contribution < -0.4 is 16.0 Å². The number of anilines is 1. The Morgan fingerprint density at radius 1 is 1.18 bits per heavy atom. The van der Waals surface area contributed by atoms with Gasteiger partial charge in [0.2, 0.25) is 0 Å². The van der Waals surface area contributed by atoms with E-state index in [9.17, 15) is 4.79 Å². The van der Waals surface area contributed by atoms with Crippen molar-refractivity contribution in [1.29, 1.82) is 0 Å². The van der Waals surface area contributed by atoms with Crippen molar-refractivity contribution in [1.82, 2.24) is 5.32 Å². The molecular formula is C17H16BrN3O. The third-order valence-corrected chi connectivity index (χ3v) is 4.97. The minimum atomic E-state index is -0.137. The fourth-order valence-corrected chi connectivity index (χ4v) is 3.62. The first-order valence-corrected chi connectivity index (χ1v) is 8.16. The van der Waals surface area contributed by atoms with Crippen LogP contribution in [0.4, 0.5) is 5.69 Å². The molecule has 0 saturated heterocycles. The third-order valence-electron chi connectivity index (χ3n) is 4.44. The van der Waals surface area contributed by atoms with Crippen molar-refractivity contribution >= 4 is 27.5 Å². The molecule has 2 heterocycles. The van der Waals surface area contributed by atoms with E-state index in [0.717, 1.165) is 39.8 Å². The zero-order chi connectivity index (χ0) is 15.3. The van der Waals surface area contributed by atoms with Gasteiger partial charge in [0, 0.05) is 17.1 Å². The van der Waals surface area contributed by atoms with Gasteiger partial charge in [0.05, 0.1) is 11.3 Å². The van der Waals surface area contributed by atoms with Gasteiger partial charge in [0.25, 0.3) is 5.91 Å². The fourth-order valence-electron chi connectivity index (χ4n) is 3.36. The Bertz CT molecular complexity index is 744. The van der Waals surface area contributed by atoms with Gasteiger partial charge >= 0.3 is 0 Å². The molecule has 112 valence electrons. The normalized spacial score (nSPS) is 23.0. The summed E-state index contributed by atoms with van der Waals surface area (Å²) >= 11 is 3.45. The van der Waals surface area contributed by atoms with Gasteiger partial charge in [-0.05, 0) is 35.7 Å². The Morgan fingerprint density at radius 3 is 2.73 bits per heavy atom. The Balaban J connectivity index is 1.85. The number of nitrogens with zero attached hydrogens (tertiary/aromatic N) is 1. The first-order chi connectivity index (χ1) is 10.6. The Kier molecular flexibility index (Phi) is 3.20. The van der Waals surface area contributed by atoms with Crippen molar-refractivity contribution in [3.63, 3.8) is 0 Å². The van der Waals surface area contributed by atoms with Crippen LogP contribution in [0.1, 0.15) is 40.1 Å². The Morgan fingerprint density at radius 2 is 1.95 bits per heavy atom. The number of para-hydroxylation sites is 1. The van der Waals surface area contributed by atoms with Gasteiger partial charge in [-0.3, -0.25) is 4.79 Å². The summed E-state index contributed by atoms with van der Waals surface area (Å²) in [5, 5.41) is 3.12. The monoisotopic (exact) mass is 357 g/mol. The van der Waals surface area contributed by atoms with Crippen LogP contribution in [0.3, 0.4) is 0 Å². The van der Waals surface area contributed by atoms with Crippen molar-refractivity contribution < 1.29 is 4.79 Å². The van der Waals surface area contributed by atoms with Gasteiger partial charge < -0.3 is 16.0 Å². The van der Waals surface area contributed by atoms with E-state index in [1.807, 2.05) is 42.5 Å². The molecule has 2 atom stereocenters. The largest absolute Gasteiger partial charge is 0.346 e. The maximum atomic E-state index is 12.5. The van der Waals surface area contributed by atoms with Crippen molar-refractivity contribution in [3.8, 4) is 0 Å². The third kappa shape index (κ3) is 2.04. The molecule has 0 radical (unpaired) electrons. The summed E-state index contributed by atoms with van der Waals surface area (Å²) in [7, 11) is 0. The van der Waals surface area contributed by atoms with E-state index >= 15 is 0 Å². The second-order valence-corrected chi connectivity index (χ2v) is 6.68.